The number of benzene rings is 1. The molecule has 0 saturated heterocycles. The van der Waals surface area contributed by atoms with E-state index in [1.54, 1.807) is 0 Å². The molecule has 0 aliphatic heterocycles. The Morgan fingerprint density at radius 3 is 2.58 bits per heavy atom. The SMILES string of the molecule is COC(=O)Cc1nc(C)cc(-c2ccc(Br)cc2)n1. The first-order chi connectivity index (χ1) is 9.08. The fourth-order valence-corrected chi connectivity index (χ4v) is 1.94. The van der Waals surface area contributed by atoms with Gasteiger partial charge in [0.1, 0.15) is 12.2 Å². The molecule has 0 bridgehead atoms. The number of aromatic nitrogens is 2. The average Bonchev–Trinajstić information content (AvgIpc) is 2.38. The number of carbonyl (C=O) groups is 1. The topological polar surface area (TPSA) is 52.1 Å². The van der Waals surface area contributed by atoms with Crippen molar-refractivity contribution in [3.8, 4) is 11.3 Å². The van der Waals surface area contributed by atoms with Crippen LogP contribution in [0.3, 0.4) is 0 Å². The number of methoxy groups -OCH3 is 1. The second-order valence-corrected chi connectivity index (χ2v) is 4.99. The maximum absolute atomic E-state index is 11.3. The van der Waals surface area contributed by atoms with Crippen molar-refractivity contribution in [1.29, 1.82) is 0 Å². The molecule has 0 fully saturated rings. The van der Waals surface area contributed by atoms with Crippen LogP contribution in [0.15, 0.2) is 34.8 Å². The van der Waals surface area contributed by atoms with Crippen molar-refractivity contribution in [2.75, 3.05) is 7.11 Å². The Balaban J connectivity index is 2.35. The normalized spacial score (nSPS) is 10.3. The van der Waals surface area contributed by atoms with Crippen molar-refractivity contribution in [1.82, 2.24) is 9.97 Å². The minimum atomic E-state index is -0.340. The Morgan fingerprint density at radius 2 is 1.95 bits per heavy atom. The van der Waals surface area contributed by atoms with E-state index in [9.17, 15) is 4.79 Å². The lowest BCUT2D eigenvalue weighted by Gasteiger charge is -2.06. The summed E-state index contributed by atoms with van der Waals surface area (Å²) in [6, 6.07) is 9.73. The summed E-state index contributed by atoms with van der Waals surface area (Å²) >= 11 is 3.40. The van der Waals surface area contributed by atoms with Crippen molar-refractivity contribution in [2.24, 2.45) is 0 Å². The molecule has 5 heteroatoms. The highest BCUT2D eigenvalue weighted by atomic mass is 79.9. The van der Waals surface area contributed by atoms with E-state index in [1.807, 2.05) is 37.3 Å². The van der Waals surface area contributed by atoms with Crippen molar-refractivity contribution >= 4 is 21.9 Å². The van der Waals surface area contributed by atoms with Gasteiger partial charge in [-0.15, -0.1) is 0 Å². The molecule has 1 aromatic heterocycles. The van der Waals surface area contributed by atoms with Gasteiger partial charge in [-0.1, -0.05) is 28.1 Å². The van der Waals surface area contributed by atoms with Crippen LogP contribution in [0, 0.1) is 6.92 Å². The lowest BCUT2D eigenvalue weighted by Crippen LogP contribution is -2.09. The van der Waals surface area contributed by atoms with Crippen LogP contribution >= 0.6 is 15.9 Å². The molecule has 0 radical (unpaired) electrons. The predicted octanol–water partition coefficient (Wildman–Crippen LogP) is 2.93. The molecule has 0 amide bonds. The molecule has 0 spiro atoms. The van der Waals surface area contributed by atoms with E-state index in [4.69, 9.17) is 0 Å². The molecule has 1 aromatic carbocycles. The number of esters is 1. The number of nitrogens with zero attached hydrogens (tertiary/aromatic N) is 2. The monoisotopic (exact) mass is 320 g/mol. The smallest absolute Gasteiger partial charge is 0.313 e. The third kappa shape index (κ3) is 3.61. The van der Waals surface area contributed by atoms with Crippen LogP contribution in [0.5, 0.6) is 0 Å². The maximum atomic E-state index is 11.3. The van der Waals surface area contributed by atoms with Crippen LogP contribution < -0.4 is 0 Å². The van der Waals surface area contributed by atoms with Gasteiger partial charge in [0.25, 0.3) is 0 Å². The van der Waals surface area contributed by atoms with Crippen LogP contribution in [-0.4, -0.2) is 23.0 Å². The van der Waals surface area contributed by atoms with Gasteiger partial charge in [-0.2, -0.15) is 0 Å². The van der Waals surface area contributed by atoms with E-state index >= 15 is 0 Å². The van der Waals surface area contributed by atoms with Gasteiger partial charge in [-0.25, -0.2) is 9.97 Å². The van der Waals surface area contributed by atoms with Crippen molar-refractivity contribution in [3.63, 3.8) is 0 Å². The average molecular weight is 321 g/mol. The summed E-state index contributed by atoms with van der Waals surface area (Å²) in [4.78, 5) is 19.9. The van der Waals surface area contributed by atoms with Crippen molar-refractivity contribution in [3.05, 3.63) is 46.3 Å². The van der Waals surface area contributed by atoms with Gasteiger partial charge < -0.3 is 4.74 Å². The summed E-state index contributed by atoms with van der Waals surface area (Å²) in [7, 11) is 1.35. The summed E-state index contributed by atoms with van der Waals surface area (Å²) in [6.45, 7) is 1.88. The van der Waals surface area contributed by atoms with Gasteiger partial charge in [0.15, 0.2) is 0 Å². The molecule has 1 heterocycles. The quantitative estimate of drug-likeness (QED) is 0.816. The molecule has 4 nitrogen and oxygen atoms in total. The van der Waals surface area contributed by atoms with E-state index in [2.05, 4.69) is 30.6 Å². The summed E-state index contributed by atoms with van der Waals surface area (Å²) < 4.78 is 5.64. The lowest BCUT2D eigenvalue weighted by molar-refractivity contribution is -0.139. The second-order valence-electron chi connectivity index (χ2n) is 4.07. The zero-order valence-corrected chi connectivity index (χ0v) is 12.3. The fourth-order valence-electron chi connectivity index (χ4n) is 1.68. The molecule has 0 N–H and O–H groups in total. The number of hydrogen-bond donors (Lipinski definition) is 0. The van der Waals surface area contributed by atoms with Gasteiger partial charge >= 0.3 is 5.97 Å². The van der Waals surface area contributed by atoms with Gasteiger partial charge in [-0.05, 0) is 25.1 Å². The molecule has 2 aromatic rings. The standard InChI is InChI=1S/C14H13BrN2O2/c1-9-7-12(10-3-5-11(15)6-4-10)17-13(16-9)8-14(18)19-2/h3-7H,8H2,1-2H3. The van der Waals surface area contributed by atoms with Gasteiger partial charge in [0.2, 0.25) is 0 Å². The van der Waals surface area contributed by atoms with Gasteiger partial charge in [0.05, 0.1) is 12.8 Å². The molecule has 0 aliphatic carbocycles. The Bertz CT molecular complexity index is 597. The molecule has 0 atom stereocenters. The molecule has 0 unspecified atom stereocenters. The first-order valence-electron chi connectivity index (χ1n) is 5.76. The Labute approximate surface area is 120 Å². The molecule has 98 valence electrons. The maximum Gasteiger partial charge on any atom is 0.313 e. The van der Waals surface area contributed by atoms with E-state index in [0.717, 1.165) is 21.4 Å². The zero-order chi connectivity index (χ0) is 13.8. The molecular formula is C14H13BrN2O2. The van der Waals surface area contributed by atoms with Crippen LogP contribution in [0.4, 0.5) is 0 Å². The van der Waals surface area contributed by atoms with Crippen LogP contribution in [0.2, 0.25) is 0 Å². The number of ether oxygens (including phenoxy) is 1. The molecule has 19 heavy (non-hydrogen) atoms. The lowest BCUT2D eigenvalue weighted by atomic mass is 10.1. The third-order valence-corrected chi connectivity index (χ3v) is 3.10. The van der Waals surface area contributed by atoms with Gasteiger partial charge in [-0.3, -0.25) is 4.79 Å². The van der Waals surface area contributed by atoms with Crippen molar-refractivity contribution in [2.45, 2.75) is 13.3 Å². The van der Waals surface area contributed by atoms with Gasteiger partial charge in [0, 0.05) is 15.7 Å². The summed E-state index contributed by atoms with van der Waals surface area (Å²) in [5.41, 5.74) is 2.62. The number of rotatable bonds is 3. The number of aryl methyl sites for hydroxylation is 1. The van der Waals surface area contributed by atoms with E-state index < -0.39 is 0 Å². The van der Waals surface area contributed by atoms with Crippen LogP contribution in [0.1, 0.15) is 11.5 Å². The molecule has 2 rings (SSSR count). The Hall–Kier alpha value is -1.75. The summed E-state index contributed by atoms with van der Waals surface area (Å²) in [5.74, 6) is 0.136. The summed E-state index contributed by atoms with van der Waals surface area (Å²) in [6.07, 6.45) is 0.0850. The highest BCUT2D eigenvalue weighted by Crippen LogP contribution is 2.20. The second kappa shape index (κ2) is 5.93. The van der Waals surface area contributed by atoms with Crippen LogP contribution in [0.25, 0.3) is 11.3 Å². The van der Waals surface area contributed by atoms with Crippen LogP contribution in [-0.2, 0) is 16.0 Å². The highest BCUT2D eigenvalue weighted by molar-refractivity contribution is 9.10. The first-order valence-corrected chi connectivity index (χ1v) is 6.55. The minimum absolute atomic E-state index is 0.0850. The predicted molar refractivity (Wildman–Crippen MR) is 75.6 cm³/mol. The van der Waals surface area contributed by atoms with E-state index in [0.29, 0.717) is 5.82 Å². The highest BCUT2D eigenvalue weighted by Gasteiger charge is 2.09. The summed E-state index contributed by atoms with van der Waals surface area (Å²) in [5, 5.41) is 0. The minimum Gasteiger partial charge on any atom is -0.469 e. The third-order valence-electron chi connectivity index (χ3n) is 2.57. The first kappa shape index (κ1) is 13.7. The fraction of sp³-hybridized carbons (Fsp3) is 0.214. The Morgan fingerprint density at radius 1 is 1.26 bits per heavy atom. The zero-order valence-electron chi connectivity index (χ0n) is 10.7. The largest absolute Gasteiger partial charge is 0.469 e. The van der Waals surface area contributed by atoms with E-state index in [-0.39, 0.29) is 12.4 Å². The number of hydrogen-bond acceptors (Lipinski definition) is 4. The Kier molecular flexibility index (Phi) is 4.27. The van der Waals surface area contributed by atoms with E-state index in [1.165, 1.54) is 7.11 Å². The number of halogens is 1. The molecule has 0 saturated carbocycles. The molecular weight excluding hydrogens is 308 g/mol. The molecule has 0 aliphatic rings. The van der Waals surface area contributed by atoms with Crippen molar-refractivity contribution < 1.29 is 9.53 Å². The number of carbonyl (C=O) groups excluding carboxylic acids is 1.